The summed E-state index contributed by atoms with van der Waals surface area (Å²) in [5.41, 5.74) is 6.30. The maximum absolute atomic E-state index is 14.3. The topological polar surface area (TPSA) is 184 Å². The van der Waals surface area contributed by atoms with Gasteiger partial charge in [-0.1, -0.05) is 67.4 Å². The van der Waals surface area contributed by atoms with Gasteiger partial charge in [-0.15, -0.1) is 0 Å². The first kappa shape index (κ1) is 35.5. The maximum Gasteiger partial charge on any atom is 0.270 e. The van der Waals surface area contributed by atoms with Crippen LogP contribution in [0.1, 0.15) is 75.3 Å². The Labute approximate surface area is 286 Å². The van der Waals surface area contributed by atoms with Crippen LogP contribution in [0.15, 0.2) is 66.7 Å². The van der Waals surface area contributed by atoms with Gasteiger partial charge in [0.15, 0.2) is 6.10 Å². The number of carbonyl (C=O) groups is 5. The van der Waals surface area contributed by atoms with Gasteiger partial charge in [-0.2, -0.15) is 0 Å². The molecule has 0 spiro atoms. The van der Waals surface area contributed by atoms with E-state index in [9.17, 15) is 29.1 Å². The van der Waals surface area contributed by atoms with E-state index in [-0.39, 0.29) is 30.0 Å². The molecule has 1 saturated carbocycles. The van der Waals surface area contributed by atoms with Gasteiger partial charge in [0.1, 0.15) is 17.8 Å². The van der Waals surface area contributed by atoms with Crippen molar-refractivity contribution in [2.45, 2.75) is 102 Å². The fraction of sp³-hybridized carbons (Fsp3) is 0.459. The van der Waals surface area contributed by atoms with E-state index in [1.54, 1.807) is 42.5 Å². The Hall–Kier alpha value is -4.84. The van der Waals surface area contributed by atoms with Crippen molar-refractivity contribution in [3.05, 3.63) is 78.0 Å². The molecule has 1 aromatic heterocycles. The average molecular weight is 671 g/mol. The largest absolute Gasteiger partial charge is 0.381 e. The minimum atomic E-state index is -1.73. The summed E-state index contributed by atoms with van der Waals surface area (Å²) >= 11 is 0. The van der Waals surface area contributed by atoms with Crippen molar-refractivity contribution >= 4 is 40.4 Å². The number of primary amides is 1. The molecule has 1 aliphatic carbocycles. The first-order valence-corrected chi connectivity index (χ1v) is 16.9. The number of carbonyl (C=O) groups excluding carboxylic acids is 5. The molecule has 1 aliphatic heterocycles. The van der Waals surface area contributed by atoms with Gasteiger partial charge in [0.05, 0.1) is 18.0 Å². The van der Waals surface area contributed by atoms with Crippen LogP contribution in [0.3, 0.4) is 0 Å². The number of amides is 5. The second kappa shape index (κ2) is 15.1. The van der Waals surface area contributed by atoms with Crippen molar-refractivity contribution in [1.29, 1.82) is 0 Å². The summed E-state index contributed by atoms with van der Waals surface area (Å²) in [6.45, 7) is 5.62. The molecule has 49 heavy (non-hydrogen) atoms. The number of hydrogen-bond donors (Lipinski definition) is 5. The molecule has 5 amide bonds. The van der Waals surface area contributed by atoms with Gasteiger partial charge < -0.3 is 31.7 Å². The summed E-state index contributed by atoms with van der Waals surface area (Å²) in [7, 11) is 0. The Kier molecular flexibility index (Phi) is 11.0. The van der Waals surface area contributed by atoms with Gasteiger partial charge in [0.2, 0.25) is 17.7 Å². The summed E-state index contributed by atoms with van der Waals surface area (Å²) in [5, 5.41) is 20.9. The van der Waals surface area contributed by atoms with Crippen molar-refractivity contribution in [2.24, 2.45) is 11.7 Å². The number of nitrogens with zero attached hydrogens (tertiary/aromatic N) is 2. The quantitative estimate of drug-likeness (QED) is 0.207. The van der Waals surface area contributed by atoms with E-state index < -0.39 is 59.8 Å². The lowest BCUT2D eigenvalue weighted by molar-refractivity contribution is -0.150. The Bertz CT molecular complexity index is 1690. The van der Waals surface area contributed by atoms with Crippen LogP contribution in [-0.2, 0) is 25.6 Å². The number of aliphatic hydroxyl groups is 1. The molecule has 2 aliphatic rings. The normalized spacial score (nSPS) is 20.8. The van der Waals surface area contributed by atoms with E-state index in [2.05, 4.69) is 20.9 Å². The van der Waals surface area contributed by atoms with E-state index in [0.717, 1.165) is 30.2 Å². The molecule has 12 nitrogen and oxygen atoms in total. The molecule has 5 rings (SSSR count). The van der Waals surface area contributed by atoms with Crippen LogP contribution in [0.4, 0.5) is 0 Å². The van der Waals surface area contributed by atoms with Gasteiger partial charge in [-0.05, 0) is 70.1 Å². The minimum absolute atomic E-state index is 0.0349. The van der Waals surface area contributed by atoms with Gasteiger partial charge in [-0.3, -0.25) is 24.0 Å². The number of aromatic nitrogens is 1. The Morgan fingerprint density at radius 2 is 1.63 bits per heavy atom. The van der Waals surface area contributed by atoms with Gasteiger partial charge in [-0.25, -0.2) is 4.98 Å². The van der Waals surface area contributed by atoms with Gasteiger partial charge in [0.25, 0.3) is 11.8 Å². The summed E-state index contributed by atoms with van der Waals surface area (Å²) in [6, 6.07) is 15.9. The number of likely N-dealkylation sites (tertiary alicyclic amines) is 1. The van der Waals surface area contributed by atoms with Gasteiger partial charge in [0, 0.05) is 17.0 Å². The Morgan fingerprint density at radius 3 is 2.35 bits per heavy atom. The van der Waals surface area contributed by atoms with Crippen molar-refractivity contribution in [2.75, 3.05) is 0 Å². The molecule has 2 fully saturated rings. The average Bonchev–Trinajstić information content (AvgIpc) is 3.46. The fourth-order valence-electron chi connectivity index (χ4n) is 7.02. The number of benzene rings is 2. The lowest BCUT2D eigenvalue weighted by Gasteiger charge is -2.37. The van der Waals surface area contributed by atoms with E-state index in [4.69, 9.17) is 5.73 Å². The lowest BCUT2D eigenvalue weighted by Crippen LogP contribution is -2.60. The number of pyridine rings is 1. The van der Waals surface area contributed by atoms with E-state index in [1.165, 1.54) is 11.0 Å². The number of hydrogen-bond acceptors (Lipinski definition) is 7. The summed E-state index contributed by atoms with van der Waals surface area (Å²) in [5.74, 6) is -3.15. The van der Waals surface area contributed by atoms with Gasteiger partial charge >= 0.3 is 0 Å². The SMILES string of the molecule is CC(C)(C)NC(=O)[C@@H]1C[C@@H]2CCCC[C@@H]2N1C(=O)[C@@H](O)[C@H](Cc1ccccc1)NC(=O)[C@H](CC(N)=O)NC(=O)c1ccc2ccccc2n1. The Balaban J connectivity index is 1.40. The summed E-state index contributed by atoms with van der Waals surface area (Å²) < 4.78 is 0. The third kappa shape index (κ3) is 8.80. The van der Waals surface area contributed by atoms with Crippen LogP contribution in [0, 0.1) is 5.92 Å². The molecular formula is C37H46N6O6. The standard InChI is InChI=1S/C37H46N6O6/c1-37(2,3)42-35(48)30-20-24-14-8-10-16-29(24)43(30)36(49)32(45)27(19-22-11-5-4-6-12-22)40-34(47)28(21-31(38)44)41-33(46)26-18-17-23-13-7-9-15-25(23)39-26/h4-7,9,11-13,15,17-18,24,27-30,32,45H,8,10,14,16,19-21H2,1-3H3,(H2,38,44)(H,40,47)(H,41,46)(H,42,48)/t24-,27-,28-,29-,30-,32-/m0/s1. The van der Waals surface area contributed by atoms with Crippen molar-refractivity contribution in [3.8, 4) is 0 Å². The number of rotatable bonds is 11. The van der Waals surface area contributed by atoms with Crippen molar-refractivity contribution < 1.29 is 29.1 Å². The number of nitrogens with one attached hydrogen (secondary N) is 3. The van der Waals surface area contributed by atoms with Crippen LogP contribution >= 0.6 is 0 Å². The monoisotopic (exact) mass is 670 g/mol. The van der Waals surface area contributed by atoms with E-state index in [0.29, 0.717) is 18.4 Å². The summed E-state index contributed by atoms with van der Waals surface area (Å²) in [6.07, 6.45) is 1.80. The zero-order valence-corrected chi connectivity index (χ0v) is 28.2. The molecule has 6 atom stereocenters. The number of aliphatic hydroxyl groups excluding tert-OH is 1. The molecular weight excluding hydrogens is 624 g/mol. The highest BCUT2D eigenvalue weighted by Crippen LogP contribution is 2.40. The number of fused-ring (bicyclic) bond motifs is 2. The first-order valence-electron chi connectivity index (χ1n) is 16.9. The first-order chi connectivity index (χ1) is 23.3. The lowest BCUT2D eigenvalue weighted by atomic mass is 9.84. The van der Waals surface area contributed by atoms with Crippen LogP contribution < -0.4 is 21.7 Å². The van der Waals surface area contributed by atoms with Crippen LogP contribution in [0.25, 0.3) is 10.9 Å². The summed E-state index contributed by atoms with van der Waals surface area (Å²) in [4.78, 5) is 72.9. The zero-order chi connectivity index (χ0) is 35.3. The molecule has 1 saturated heterocycles. The number of para-hydroxylation sites is 1. The van der Waals surface area contributed by atoms with Crippen LogP contribution in [0.2, 0.25) is 0 Å². The highest BCUT2D eigenvalue weighted by Gasteiger charge is 2.50. The zero-order valence-electron chi connectivity index (χ0n) is 28.2. The molecule has 0 radical (unpaired) electrons. The second-order valence-corrected chi connectivity index (χ2v) is 14.2. The van der Waals surface area contributed by atoms with E-state index in [1.807, 2.05) is 39.0 Å². The third-order valence-corrected chi connectivity index (χ3v) is 9.26. The minimum Gasteiger partial charge on any atom is -0.381 e. The molecule has 2 heterocycles. The van der Waals surface area contributed by atoms with Crippen LogP contribution in [-0.4, -0.2) is 80.3 Å². The third-order valence-electron chi connectivity index (χ3n) is 9.26. The number of nitrogens with two attached hydrogens (primary N) is 1. The predicted octanol–water partition coefficient (Wildman–Crippen LogP) is 2.37. The highest BCUT2D eigenvalue weighted by molar-refractivity contribution is 5.99. The molecule has 260 valence electrons. The molecule has 0 unspecified atom stereocenters. The smallest absolute Gasteiger partial charge is 0.270 e. The maximum atomic E-state index is 14.3. The predicted molar refractivity (Wildman–Crippen MR) is 184 cm³/mol. The molecule has 6 N–H and O–H groups in total. The second-order valence-electron chi connectivity index (χ2n) is 14.2. The molecule has 3 aromatic rings. The van der Waals surface area contributed by atoms with E-state index >= 15 is 0 Å². The van der Waals surface area contributed by atoms with Crippen molar-refractivity contribution in [3.63, 3.8) is 0 Å². The molecule has 0 bridgehead atoms. The molecule has 2 aromatic carbocycles. The van der Waals surface area contributed by atoms with Crippen molar-refractivity contribution in [1.82, 2.24) is 25.8 Å². The highest BCUT2D eigenvalue weighted by atomic mass is 16.3. The molecule has 12 heteroatoms. The Morgan fingerprint density at radius 1 is 0.939 bits per heavy atom. The fourth-order valence-corrected chi connectivity index (χ4v) is 7.02. The van der Waals surface area contributed by atoms with Crippen LogP contribution in [0.5, 0.6) is 0 Å².